The van der Waals surface area contributed by atoms with Crippen molar-refractivity contribution in [1.82, 2.24) is 0 Å². The minimum Gasteiger partial charge on any atom is -0.370 e. The first-order valence-electron chi connectivity index (χ1n) is 3.19. The molecular weight excluding hydrogens is 166 g/mol. The van der Waals surface area contributed by atoms with Gasteiger partial charge in [-0.15, -0.1) is 0 Å². The Kier molecular flexibility index (Phi) is 1.99. The molecule has 4 nitrogen and oxygen atoms in total. The summed E-state index contributed by atoms with van der Waals surface area (Å²) in [6.07, 6.45) is 1.63. The average Bonchev–Trinajstić information content (AvgIpc) is 2.08. The topological polar surface area (TPSA) is 77.2 Å². The van der Waals surface area contributed by atoms with E-state index in [1.807, 2.05) is 0 Å². The summed E-state index contributed by atoms with van der Waals surface area (Å²) in [6.45, 7) is 0. The average molecular weight is 175 g/mol. The monoisotopic (exact) mass is 175 g/mol. The Morgan fingerprint density at radius 1 is 1.64 bits per heavy atom. The summed E-state index contributed by atoms with van der Waals surface area (Å²) >= 11 is 0. The van der Waals surface area contributed by atoms with Crippen molar-refractivity contribution in [3.63, 3.8) is 0 Å². The van der Waals surface area contributed by atoms with Crippen molar-refractivity contribution in [2.75, 3.05) is 5.75 Å². The lowest BCUT2D eigenvalue weighted by Crippen LogP contribution is -2.17. The van der Waals surface area contributed by atoms with Gasteiger partial charge in [-0.25, -0.2) is 8.42 Å². The second kappa shape index (κ2) is 2.65. The molecule has 2 N–H and O–H groups in total. The van der Waals surface area contributed by atoms with E-state index in [1.165, 1.54) is 6.08 Å². The van der Waals surface area contributed by atoms with Gasteiger partial charge in [-0.1, -0.05) is 6.08 Å². The van der Waals surface area contributed by atoms with Crippen molar-refractivity contribution >= 4 is 15.7 Å². The molecule has 0 saturated carbocycles. The van der Waals surface area contributed by atoms with Crippen LogP contribution >= 0.6 is 0 Å². The fourth-order valence-electron chi connectivity index (χ4n) is 1.03. The molecule has 1 atom stereocenters. The van der Waals surface area contributed by atoms with E-state index in [0.717, 1.165) is 5.41 Å². The quantitative estimate of drug-likeness (QED) is 0.610. The highest BCUT2D eigenvalue weighted by Gasteiger charge is 2.22. The van der Waals surface area contributed by atoms with Gasteiger partial charge in [0, 0.05) is 17.7 Å². The van der Waals surface area contributed by atoms with Crippen molar-refractivity contribution in [3.8, 4) is 0 Å². The molecule has 62 valence electrons. The van der Waals surface area contributed by atoms with Gasteiger partial charge in [-0.05, 0) is 0 Å². The van der Waals surface area contributed by atoms with Gasteiger partial charge in [-0.2, -0.15) is 0 Å². The Labute approximate surface area is 65.0 Å². The molecule has 1 aliphatic rings. The number of hydrogen-bond acceptors (Lipinski definition) is 3. The molecule has 0 spiro atoms. The number of primary amides is 1. The first-order chi connectivity index (χ1) is 4.99. The zero-order chi connectivity index (χ0) is 8.48. The maximum Gasteiger partial charge on any atom is 0.218 e. The summed E-state index contributed by atoms with van der Waals surface area (Å²) in [4.78, 5) is 10.4. The van der Waals surface area contributed by atoms with Gasteiger partial charge in [0.05, 0.1) is 5.75 Å². The minimum atomic E-state index is -3.03. The largest absolute Gasteiger partial charge is 0.370 e. The van der Waals surface area contributed by atoms with E-state index < -0.39 is 15.7 Å². The molecule has 11 heavy (non-hydrogen) atoms. The van der Waals surface area contributed by atoms with Gasteiger partial charge in [0.2, 0.25) is 5.91 Å². The highest BCUT2D eigenvalue weighted by atomic mass is 32.2. The summed E-state index contributed by atoms with van der Waals surface area (Å²) < 4.78 is 21.6. The Bertz CT molecular complexity index is 291. The number of rotatable bonds is 2. The summed E-state index contributed by atoms with van der Waals surface area (Å²) in [6, 6.07) is 0. The summed E-state index contributed by atoms with van der Waals surface area (Å²) in [5, 5.41) is 1.14. The highest BCUT2D eigenvalue weighted by Crippen LogP contribution is 2.17. The zero-order valence-corrected chi connectivity index (χ0v) is 6.67. The van der Waals surface area contributed by atoms with E-state index in [1.54, 1.807) is 0 Å². The summed E-state index contributed by atoms with van der Waals surface area (Å²) in [5.41, 5.74) is 4.89. The lowest BCUT2D eigenvalue weighted by molar-refractivity contribution is -0.118. The van der Waals surface area contributed by atoms with E-state index >= 15 is 0 Å². The molecule has 1 heterocycles. The van der Waals surface area contributed by atoms with Crippen LogP contribution in [0.5, 0.6) is 0 Å². The Hall–Kier alpha value is -0.840. The molecule has 0 bridgehead atoms. The maximum absolute atomic E-state index is 10.8. The zero-order valence-electron chi connectivity index (χ0n) is 5.86. The second-order valence-electron chi connectivity index (χ2n) is 2.59. The minimum absolute atomic E-state index is 0.0237. The van der Waals surface area contributed by atoms with Crippen molar-refractivity contribution in [2.45, 2.75) is 6.42 Å². The highest BCUT2D eigenvalue weighted by molar-refractivity contribution is 7.94. The maximum atomic E-state index is 10.8. The number of carbonyl (C=O) groups excluding carboxylic acids is 1. The molecule has 1 rings (SSSR count). The normalized spacial score (nSPS) is 27.1. The number of allylic oxidation sites excluding steroid dienone is 1. The summed E-state index contributed by atoms with van der Waals surface area (Å²) in [5.74, 6) is -0.648. The van der Waals surface area contributed by atoms with Crippen molar-refractivity contribution in [1.29, 1.82) is 0 Å². The van der Waals surface area contributed by atoms with Gasteiger partial charge >= 0.3 is 0 Å². The predicted molar refractivity (Wildman–Crippen MR) is 40.2 cm³/mol. The smallest absolute Gasteiger partial charge is 0.218 e. The van der Waals surface area contributed by atoms with Crippen LogP contribution in [0.4, 0.5) is 0 Å². The van der Waals surface area contributed by atoms with Crippen molar-refractivity contribution in [2.24, 2.45) is 11.7 Å². The van der Waals surface area contributed by atoms with E-state index in [0.29, 0.717) is 0 Å². The van der Waals surface area contributed by atoms with Gasteiger partial charge < -0.3 is 5.73 Å². The van der Waals surface area contributed by atoms with Crippen molar-refractivity contribution < 1.29 is 13.2 Å². The van der Waals surface area contributed by atoms with Crippen LogP contribution in [0.3, 0.4) is 0 Å². The van der Waals surface area contributed by atoms with Crippen LogP contribution in [0, 0.1) is 5.92 Å². The molecule has 5 heteroatoms. The lowest BCUT2D eigenvalue weighted by Gasteiger charge is -2.00. The fourth-order valence-corrected chi connectivity index (χ4v) is 2.42. The summed E-state index contributed by atoms with van der Waals surface area (Å²) in [7, 11) is -3.03. The number of carbonyl (C=O) groups is 1. The third-order valence-corrected chi connectivity index (χ3v) is 2.93. The van der Waals surface area contributed by atoms with Crippen molar-refractivity contribution in [3.05, 3.63) is 11.5 Å². The van der Waals surface area contributed by atoms with Crippen LogP contribution in [-0.4, -0.2) is 20.1 Å². The lowest BCUT2D eigenvalue weighted by atomic mass is 10.1. The van der Waals surface area contributed by atoms with Gasteiger partial charge in [0.25, 0.3) is 0 Å². The molecule has 0 aromatic rings. The number of sulfone groups is 1. The predicted octanol–water partition coefficient (Wildman–Crippen LogP) is -0.580. The third-order valence-electron chi connectivity index (χ3n) is 1.47. The Morgan fingerprint density at radius 3 is 2.64 bits per heavy atom. The molecule has 1 amide bonds. The Morgan fingerprint density at radius 2 is 2.27 bits per heavy atom. The van der Waals surface area contributed by atoms with Crippen LogP contribution < -0.4 is 5.73 Å². The van der Waals surface area contributed by atoms with E-state index in [9.17, 15) is 13.2 Å². The first-order valence-corrected chi connectivity index (χ1v) is 4.90. The van der Waals surface area contributed by atoms with E-state index in [-0.39, 0.29) is 18.1 Å². The molecule has 0 fully saturated rings. The van der Waals surface area contributed by atoms with E-state index in [2.05, 4.69) is 0 Å². The molecule has 0 saturated heterocycles. The molecule has 0 aromatic carbocycles. The standard InChI is InChI=1S/C6H9NO3S/c7-6(8)3-5-1-2-11(9,10)4-5/h1-2,5H,3-4H2,(H2,7,8)/t5-/m1/s1. The molecular formula is C6H9NO3S. The fraction of sp³-hybridized carbons (Fsp3) is 0.500. The molecule has 0 aliphatic carbocycles. The molecule has 1 aliphatic heterocycles. The number of nitrogens with two attached hydrogens (primary N) is 1. The number of amides is 1. The van der Waals surface area contributed by atoms with Gasteiger partial charge in [-0.3, -0.25) is 4.79 Å². The SMILES string of the molecule is NC(=O)C[C@H]1C=CS(=O)(=O)C1. The molecule has 0 unspecified atom stereocenters. The first kappa shape index (κ1) is 8.26. The molecule has 0 aromatic heterocycles. The van der Waals surface area contributed by atoms with Crippen LogP contribution in [0.2, 0.25) is 0 Å². The van der Waals surface area contributed by atoms with Crippen LogP contribution in [0.25, 0.3) is 0 Å². The third kappa shape index (κ3) is 2.34. The van der Waals surface area contributed by atoms with Crippen LogP contribution in [-0.2, 0) is 14.6 Å². The van der Waals surface area contributed by atoms with Gasteiger partial charge in [0.1, 0.15) is 0 Å². The number of hydrogen-bond donors (Lipinski definition) is 1. The van der Waals surface area contributed by atoms with Crippen LogP contribution in [0.1, 0.15) is 6.42 Å². The second-order valence-corrected chi connectivity index (χ2v) is 4.52. The Balaban J connectivity index is 2.58. The van der Waals surface area contributed by atoms with E-state index in [4.69, 9.17) is 5.73 Å². The molecule has 0 radical (unpaired) electrons. The van der Waals surface area contributed by atoms with Crippen LogP contribution in [0.15, 0.2) is 11.5 Å². The van der Waals surface area contributed by atoms with Gasteiger partial charge in [0.15, 0.2) is 9.84 Å².